The monoisotopic (exact) mass is 410 g/mol. The van der Waals surface area contributed by atoms with Crippen molar-refractivity contribution in [1.82, 2.24) is 9.80 Å². The van der Waals surface area contributed by atoms with Crippen LogP contribution < -0.4 is 0 Å². The quantitative estimate of drug-likeness (QED) is 0.650. The molecule has 154 valence electrons. The first-order valence-electron chi connectivity index (χ1n) is 9.72. The molecule has 2 aromatic carbocycles. The Bertz CT molecular complexity index is 1060. The minimum Gasteiger partial charge on any atom is -0.451 e. The minimum atomic E-state index is -0.552. The van der Waals surface area contributed by atoms with Crippen LogP contribution in [0.1, 0.15) is 27.3 Å². The number of benzene rings is 2. The molecule has 5 nitrogen and oxygen atoms in total. The van der Waals surface area contributed by atoms with Gasteiger partial charge in [0.1, 0.15) is 17.4 Å². The molecule has 1 saturated heterocycles. The summed E-state index contributed by atoms with van der Waals surface area (Å²) in [6.45, 7) is 1.54. The summed E-state index contributed by atoms with van der Waals surface area (Å²) in [5.41, 5.74) is 0.709. The average molecular weight is 410 g/mol. The van der Waals surface area contributed by atoms with Gasteiger partial charge in [0, 0.05) is 31.7 Å². The first-order chi connectivity index (χ1) is 14.5. The smallest absolute Gasteiger partial charge is 0.289 e. The largest absolute Gasteiger partial charge is 0.451 e. The van der Waals surface area contributed by atoms with E-state index in [9.17, 15) is 18.4 Å². The van der Waals surface area contributed by atoms with Gasteiger partial charge in [0.25, 0.3) is 11.8 Å². The SMILES string of the molecule is O=C(c1ccc(-c2ccc(F)cc2)o1)N1CCCN(C(=O)c2ccccc2F)CC1. The van der Waals surface area contributed by atoms with E-state index in [1.54, 1.807) is 46.2 Å². The van der Waals surface area contributed by atoms with E-state index >= 15 is 0 Å². The molecule has 0 unspecified atom stereocenters. The van der Waals surface area contributed by atoms with Crippen LogP contribution in [0, 0.1) is 11.6 Å². The number of amides is 2. The van der Waals surface area contributed by atoms with Crippen LogP contribution in [0.3, 0.4) is 0 Å². The molecule has 1 aromatic heterocycles. The number of hydrogen-bond acceptors (Lipinski definition) is 3. The van der Waals surface area contributed by atoms with Crippen molar-refractivity contribution in [2.75, 3.05) is 26.2 Å². The van der Waals surface area contributed by atoms with Crippen LogP contribution in [0.5, 0.6) is 0 Å². The lowest BCUT2D eigenvalue weighted by molar-refractivity contribution is 0.0699. The van der Waals surface area contributed by atoms with Crippen LogP contribution in [-0.2, 0) is 0 Å². The maximum Gasteiger partial charge on any atom is 0.289 e. The highest BCUT2D eigenvalue weighted by Crippen LogP contribution is 2.23. The topological polar surface area (TPSA) is 53.8 Å². The standard InChI is InChI=1S/C23H20F2N2O3/c24-17-8-6-16(7-9-17)20-10-11-21(30-20)23(29)27-13-3-12-26(14-15-27)22(28)18-4-1-2-5-19(18)25/h1-2,4-11H,3,12-15H2. The van der Waals surface area contributed by atoms with Gasteiger partial charge in [-0.25, -0.2) is 8.78 Å². The van der Waals surface area contributed by atoms with Gasteiger partial charge in [0.2, 0.25) is 0 Å². The van der Waals surface area contributed by atoms with Crippen molar-refractivity contribution in [3.8, 4) is 11.3 Å². The molecule has 1 aliphatic rings. The molecule has 0 saturated carbocycles. The minimum absolute atomic E-state index is 0.0345. The van der Waals surface area contributed by atoms with E-state index in [0.717, 1.165) is 0 Å². The molecule has 30 heavy (non-hydrogen) atoms. The number of hydrogen-bond donors (Lipinski definition) is 0. The molecule has 2 heterocycles. The van der Waals surface area contributed by atoms with E-state index < -0.39 is 5.82 Å². The molecule has 3 aromatic rings. The molecule has 2 amide bonds. The first-order valence-corrected chi connectivity index (χ1v) is 9.72. The molecule has 0 radical (unpaired) electrons. The fourth-order valence-corrected chi connectivity index (χ4v) is 3.51. The summed E-state index contributed by atoms with van der Waals surface area (Å²) in [6.07, 6.45) is 0.581. The zero-order valence-corrected chi connectivity index (χ0v) is 16.2. The highest BCUT2D eigenvalue weighted by molar-refractivity contribution is 5.95. The molecular weight excluding hydrogens is 390 g/mol. The summed E-state index contributed by atoms with van der Waals surface area (Å²) in [5.74, 6) is -0.889. The molecule has 4 rings (SSSR count). The zero-order valence-electron chi connectivity index (χ0n) is 16.2. The Hall–Kier alpha value is -3.48. The van der Waals surface area contributed by atoms with Crippen molar-refractivity contribution in [2.24, 2.45) is 0 Å². The molecule has 0 bridgehead atoms. The highest BCUT2D eigenvalue weighted by Gasteiger charge is 2.26. The molecule has 1 fully saturated rings. The number of furan rings is 1. The summed E-state index contributed by atoms with van der Waals surface area (Å²) < 4.78 is 32.7. The lowest BCUT2D eigenvalue weighted by Gasteiger charge is -2.22. The molecule has 0 atom stereocenters. The van der Waals surface area contributed by atoms with Gasteiger partial charge >= 0.3 is 0 Å². The molecule has 0 spiro atoms. The summed E-state index contributed by atoms with van der Waals surface area (Å²) in [6, 6.07) is 15.0. The van der Waals surface area contributed by atoms with Crippen molar-refractivity contribution >= 4 is 11.8 Å². The summed E-state index contributed by atoms with van der Waals surface area (Å²) in [7, 11) is 0. The van der Waals surface area contributed by atoms with Gasteiger partial charge in [-0.1, -0.05) is 12.1 Å². The van der Waals surface area contributed by atoms with Crippen LogP contribution in [0.2, 0.25) is 0 Å². The normalized spacial score (nSPS) is 14.5. The predicted octanol–water partition coefficient (Wildman–Crippen LogP) is 4.21. The van der Waals surface area contributed by atoms with Crippen LogP contribution in [0.25, 0.3) is 11.3 Å². The van der Waals surface area contributed by atoms with Gasteiger partial charge in [0.05, 0.1) is 5.56 Å². The van der Waals surface area contributed by atoms with Gasteiger partial charge in [0.15, 0.2) is 5.76 Å². The van der Waals surface area contributed by atoms with Gasteiger partial charge in [-0.05, 0) is 55.0 Å². The van der Waals surface area contributed by atoms with Gasteiger partial charge in [-0.3, -0.25) is 9.59 Å². The van der Waals surface area contributed by atoms with E-state index in [1.165, 1.54) is 24.3 Å². The Kier molecular flexibility index (Phi) is 5.61. The van der Waals surface area contributed by atoms with Gasteiger partial charge < -0.3 is 14.2 Å². The second-order valence-corrected chi connectivity index (χ2v) is 7.09. The zero-order chi connectivity index (χ0) is 21.1. The molecule has 0 aliphatic carbocycles. The van der Waals surface area contributed by atoms with Crippen molar-refractivity contribution in [2.45, 2.75) is 6.42 Å². The Morgan fingerprint density at radius 1 is 0.767 bits per heavy atom. The van der Waals surface area contributed by atoms with E-state index in [1.807, 2.05) is 0 Å². The van der Waals surface area contributed by atoms with Crippen LogP contribution >= 0.6 is 0 Å². The second-order valence-electron chi connectivity index (χ2n) is 7.09. The fraction of sp³-hybridized carbons (Fsp3) is 0.217. The number of rotatable bonds is 3. The number of halogens is 2. The van der Waals surface area contributed by atoms with Crippen molar-refractivity contribution in [3.63, 3.8) is 0 Å². The second kappa shape index (κ2) is 8.49. The lowest BCUT2D eigenvalue weighted by Crippen LogP contribution is -2.37. The Balaban J connectivity index is 1.43. The maximum atomic E-state index is 13.9. The number of nitrogens with zero attached hydrogens (tertiary/aromatic N) is 2. The summed E-state index contributed by atoms with van der Waals surface area (Å²) >= 11 is 0. The Morgan fingerprint density at radius 3 is 2.13 bits per heavy atom. The van der Waals surface area contributed by atoms with E-state index in [-0.39, 0.29) is 29.0 Å². The van der Waals surface area contributed by atoms with Crippen LogP contribution in [0.4, 0.5) is 8.78 Å². The fourth-order valence-electron chi connectivity index (χ4n) is 3.51. The van der Waals surface area contributed by atoms with Crippen molar-refractivity contribution in [1.29, 1.82) is 0 Å². The highest BCUT2D eigenvalue weighted by atomic mass is 19.1. The van der Waals surface area contributed by atoms with E-state index in [4.69, 9.17) is 4.42 Å². The third kappa shape index (κ3) is 4.10. The Morgan fingerprint density at radius 2 is 1.43 bits per heavy atom. The Labute approximate surface area is 172 Å². The molecule has 7 heteroatoms. The summed E-state index contributed by atoms with van der Waals surface area (Å²) in [4.78, 5) is 28.7. The van der Waals surface area contributed by atoms with Crippen molar-refractivity contribution < 1.29 is 22.8 Å². The third-order valence-electron chi connectivity index (χ3n) is 5.12. The van der Waals surface area contributed by atoms with Gasteiger partial charge in [-0.15, -0.1) is 0 Å². The lowest BCUT2D eigenvalue weighted by atomic mass is 10.2. The van der Waals surface area contributed by atoms with Crippen molar-refractivity contribution in [3.05, 3.63) is 83.6 Å². The summed E-state index contributed by atoms with van der Waals surface area (Å²) in [5, 5.41) is 0. The average Bonchev–Trinajstić information content (AvgIpc) is 3.11. The molecular formula is C23H20F2N2O3. The number of carbonyl (C=O) groups excluding carboxylic acids is 2. The third-order valence-corrected chi connectivity index (χ3v) is 5.12. The van der Waals surface area contributed by atoms with Crippen LogP contribution in [-0.4, -0.2) is 47.8 Å². The first kappa shape index (κ1) is 19.8. The van der Waals surface area contributed by atoms with E-state index in [0.29, 0.717) is 43.9 Å². The molecule has 0 N–H and O–H groups in total. The van der Waals surface area contributed by atoms with E-state index in [2.05, 4.69) is 0 Å². The number of carbonyl (C=O) groups is 2. The molecule has 1 aliphatic heterocycles. The van der Waals surface area contributed by atoms with Gasteiger partial charge in [-0.2, -0.15) is 0 Å². The van der Waals surface area contributed by atoms with Crippen LogP contribution in [0.15, 0.2) is 65.1 Å². The predicted molar refractivity (Wildman–Crippen MR) is 107 cm³/mol. The maximum absolute atomic E-state index is 13.9.